The van der Waals surface area contributed by atoms with Gasteiger partial charge in [-0.1, -0.05) is 6.07 Å². The van der Waals surface area contributed by atoms with E-state index >= 15 is 0 Å². The molecule has 0 radical (unpaired) electrons. The van der Waals surface area contributed by atoms with Gasteiger partial charge in [0.2, 0.25) is 0 Å². The molecule has 3 rings (SSSR count). The topological polar surface area (TPSA) is 93.9 Å². The fourth-order valence-corrected chi connectivity index (χ4v) is 2.07. The maximum Gasteiger partial charge on any atom is 0.341 e. The zero-order chi connectivity index (χ0) is 14.8. The third kappa shape index (κ3) is 2.55. The summed E-state index contributed by atoms with van der Waals surface area (Å²) in [5.74, 6) is -0.439. The number of benzene rings is 1. The molecule has 106 valence electrons. The molecule has 6 nitrogen and oxygen atoms in total. The van der Waals surface area contributed by atoms with E-state index < -0.39 is 12.1 Å². The number of nitrogen functional groups attached to an aromatic ring is 1. The highest BCUT2D eigenvalue weighted by Gasteiger charge is 2.16. The van der Waals surface area contributed by atoms with E-state index in [1.165, 1.54) is 12.4 Å². The largest absolute Gasteiger partial charge is 0.452 e. The molecule has 3 aromatic rings. The van der Waals surface area contributed by atoms with E-state index in [0.717, 1.165) is 10.9 Å². The third-order valence-electron chi connectivity index (χ3n) is 3.22. The molecule has 6 heteroatoms. The van der Waals surface area contributed by atoms with Crippen molar-refractivity contribution in [3.8, 4) is 0 Å². The number of aromatic amines is 1. The molecule has 0 aliphatic heterocycles. The number of carbonyl (C=O) groups excluding carboxylic acids is 1. The van der Waals surface area contributed by atoms with Gasteiger partial charge >= 0.3 is 5.97 Å². The van der Waals surface area contributed by atoms with Crippen molar-refractivity contribution in [1.82, 2.24) is 15.2 Å². The van der Waals surface area contributed by atoms with Gasteiger partial charge in [-0.3, -0.25) is 5.10 Å². The van der Waals surface area contributed by atoms with E-state index in [1.54, 1.807) is 6.92 Å². The lowest BCUT2D eigenvalue weighted by atomic mass is 10.1. The first kappa shape index (κ1) is 13.1. The van der Waals surface area contributed by atoms with Gasteiger partial charge in [0.15, 0.2) is 0 Å². The Kier molecular flexibility index (Phi) is 3.27. The molecule has 21 heavy (non-hydrogen) atoms. The van der Waals surface area contributed by atoms with Crippen LogP contribution in [0.4, 0.5) is 5.69 Å². The summed E-state index contributed by atoms with van der Waals surface area (Å²) in [6.07, 6.45) is 2.45. The van der Waals surface area contributed by atoms with Crippen molar-refractivity contribution >= 4 is 22.6 Å². The SMILES string of the molecule is CC(OC(=O)c1cn[nH]c1)c1ccc2c(N)cccc2n1. The van der Waals surface area contributed by atoms with Crippen LogP contribution in [-0.4, -0.2) is 21.2 Å². The third-order valence-corrected chi connectivity index (χ3v) is 3.22. The Morgan fingerprint density at radius 1 is 1.33 bits per heavy atom. The number of ether oxygens (including phenoxy) is 1. The van der Waals surface area contributed by atoms with E-state index in [2.05, 4.69) is 15.2 Å². The first-order valence-corrected chi connectivity index (χ1v) is 6.50. The molecular weight excluding hydrogens is 268 g/mol. The number of nitrogens with two attached hydrogens (primary N) is 1. The highest BCUT2D eigenvalue weighted by Crippen LogP contribution is 2.23. The molecule has 2 aromatic heterocycles. The van der Waals surface area contributed by atoms with Crippen LogP contribution in [0.5, 0.6) is 0 Å². The van der Waals surface area contributed by atoms with Gasteiger partial charge in [-0.25, -0.2) is 9.78 Å². The minimum atomic E-state index is -0.460. The second kappa shape index (κ2) is 5.24. The molecule has 0 amide bonds. The van der Waals surface area contributed by atoms with Crippen LogP contribution in [-0.2, 0) is 4.74 Å². The molecular formula is C15H14N4O2. The summed E-state index contributed by atoms with van der Waals surface area (Å²) in [6, 6.07) is 9.24. The second-order valence-corrected chi connectivity index (χ2v) is 4.68. The Bertz CT molecular complexity index is 783. The van der Waals surface area contributed by atoms with Crippen LogP contribution in [0.15, 0.2) is 42.7 Å². The van der Waals surface area contributed by atoms with Gasteiger partial charge in [-0.2, -0.15) is 5.10 Å². The molecule has 0 saturated carbocycles. The number of pyridine rings is 1. The van der Waals surface area contributed by atoms with Crippen LogP contribution >= 0.6 is 0 Å². The van der Waals surface area contributed by atoms with Crippen molar-refractivity contribution in [3.05, 3.63) is 54.0 Å². The quantitative estimate of drug-likeness (QED) is 0.568. The molecule has 1 atom stereocenters. The Hall–Kier alpha value is -2.89. The van der Waals surface area contributed by atoms with Gasteiger partial charge in [-0.05, 0) is 31.2 Å². The number of nitrogens with zero attached hydrogens (tertiary/aromatic N) is 2. The molecule has 0 aliphatic rings. The van der Waals surface area contributed by atoms with Crippen LogP contribution in [0.1, 0.15) is 29.1 Å². The first-order valence-electron chi connectivity index (χ1n) is 6.50. The van der Waals surface area contributed by atoms with Crippen molar-refractivity contribution < 1.29 is 9.53 Å². The zero-order valence-electron chi connectivity index (χ0n) is 11.4. The number of H-pyrrole nitrogens is 1. The number of nitrogens with one attached hydrogen (secondary N) is 1. The number of esters is 1. The highest BCUT2D eigenvalue weighted by atomic mass is 16.5. The fraction of sp³-hybridized carbons (Fsp3) is 0.133. The van der Waals surface area contributed by atoms with Crippen LogP contribution in [0.25, 0.3) is 10.9 Å². The van der Waals surface area contributed by atoms with Gasteiger partial charge in [0.1, 0.15) is 6.10 Å². The number of hydrogen-bond donors (Lipinski definition) is 2. The van der Waals surface area contributed by atoms with Gasteiger partial charge in [0.25, 0.3) is 0 Å². The zero-order valence-corrected chi connectivity index (χ0v) is 11.4. The van der Waals surface area contributed by atoms with Crippen molar-refractivity contribution in [1.29, 1.82) is 0 Å². The molecule has 3 N–H and O–H groups in total. The van der Waals surface area contributed by atoms with E-state index in [0.29, 0.717) is 16.9 Å². The summed E-state index contributed by atoms with van der Waals surface area (Å²) in [5, 5.41) is 7.18. The van der Waals surface area contributed by atoms with Crippen molar-refractivity contribution in [2.75, 3.05) is 5.73 Å². The van der Waals surface area contributed by atoms with E-state index in [1.807, 2.05) is 30.3 Å². The maximum absolute atomic E-state index is 11.9. The average molecular weight is 282 g/mol. The summed E-state index contributed by atoms with van der Waals surface area (Å²) in [5.41, 5.74) is 8.40. The summed E-state index contributed by atoms with van der Waals surface area (Å²) >= 11 is 0. The van der Waals surface area contributed by atoms with Crippen LogP contribution in [0.3, 0.4) is 0 Å². The Labute approximate surface area is 120 Å². The minimum absolute atomic E-state index is 0.381. The van der Waals surface area contributed by atoms with Gasteiger partial charge < -0.3 is 10.5 Å². The van der Waals surface area contributed by atoms with Crippen molar-refractivity contribution in [3.63, 3.8) is 0 Å². The Balaban J connectivity index is 1.84. The number of fused-ring (bicyclic) bond motifs is 1. The monoisotopic (exact) mass is 282 g/mol. The number of hydrogen-bond acceptors (Lipinski definition) is 5. The number of rotatable bonds is 3. The lowest BCUT2D eigenvalue weighted by Crippen LogP contribution is -2.09. The van der Waals surface area contributed by atoms with Crippen molar-refractivity contribution in [2.45, 2.75) is 13.0 Å². The average Bonchev–Trinajstić information content (AvgIpc) is 3.01. The molecule has 0 aliphatic carbocycles. The normalized spacial score (nSPS) is 12.2. The highest BCUT2D eigenvalue weighted by molar-refractivity contribution is 5.90. The summed E-state index contributed by atoms with van der Waals surface area (Å²) < 4.78 is 5.37. The predicted molar refractivity (Wildman–Crippen MR) is 78.6 cm³/mol. The Morgan fingerprint density at radius 2 is 2.19 bits per heavy atom. The van der Waals surface area contributed by atoms with Crippen molar-refractivity contribution in [2.24, 2.45) is 0 Å². The lowest BCUT2D eigenvalue weighted by Gasteiger charge is -2.13. The molecule has 1 aromatic carbocycles. The number of carbonyl (C=O) groups is 1. The molecule has 0 bridgehead atoms. The molecule has 0 saturated heterocycles. The molecule has 0 fully saturated rings. The Morgan fingerprint density at radius 3 is 2.95 bits per heavy atom. The van der Waals surface area contributed by atoms with Gasteiger partial charge in [-0.15, -0.1) is 0 Å². The van der Waals surface area contributed by atoms with Crippen LogP contribution in [0, 0.1) is 0 Å². The summed E-state index contributed by atoms with van der Waals surface area (Å²) in [7, 11) is 0. The van der Waals surface area contributed by atoms with E-state index in [-0.39, 0.29) is 0 Å². The predicted octanol–water partition coefficient (Wildman–Crippen LogP) is 2.46. The molecule has 0 spiro atoms. The maximum atomic E-state index is 11.9. The minimum Gasteiger partial charge on any atom is -0.452 e. The number of aromatic nitrogens is 3. The molecule has 2 heterocycles. The van der Waals surface area contributed by atoms with E-state index in [4.69, 9.17) is 10.5 Å². The first-order chi connectivity index (χ1) is 10.1. The fourth-order valence-electron chi connectivity index (χ4n) is 2.07. The van der Waals surface area contributed by atoms with Gasteiger partial charge in [0.05, 0.1) is 23.0 Å². The van der Waals surface area contributed by atoms with Crippen LogP contribution in [0.2, 0.25) is 0 Å². The summed E-state index contributed by atoms with van der Waals surface area (Å²) in [4.78, 5) is 16.4. The van der Waals surface area contributed by atoms with Crippen LogP contribution < -0.4 is 5.73 Å². The van der Waals surface area contributed by atoms with E-state index in [9.17, 15) is 4.79 Å². The second-order valence-electron chi connectivity index (χ2n) is 4.68. The standard InChI is InChI=1S/C15H14N4O2/c1-9(21-15(20)10-7-17-18-8-10)13-6-5-11-12(16)3-2-4-14(11)19-13/h2-9H,16H2,1H3,(H,17,18). The summed E-state index contributed by atoms with van der Waals surface area (Å²) in [6.45, 7) is 1.78. The molecule has 1 unspecified atom stereocenters. The number of anilines is 1. The lowest BCUT2D eigenvalue weighted by molar-refractivity contribution is 0.0330. The van der Waals surface area contributed by atoms with Gasteiger partial charge in [0, 0.05) is 17.3 Å². The smallest absolute Gasteiger partial charge is 0.341 e.